The van der Waals surface area contributed by atoms with Crippen molar-refractivity contribution in [2.45, 2.75) is 43.4 Å². The van der Waals surface area contributed by atoms with Gasteiger partial charge in [0.2, 0.25) is 23.6 Å². The van der Waals surface area contributed by atoms with Crippen molar-refractivity contribution in [3.05, 3.63) is 65.9 Å². The molecule has 0 saturated carbocycles. The Morgan fingerprint density at radius 3 is 2.10 bits per heavy atom. The fourth-order valence-electron chi connectivity index (χ4n) is 4.12. The summed E-state index contributed by atoms with van der Waals surface area (Å²) in [5.41, 5.74) is 12.8. The molecule has 0 fully saturated rings. The second-order valence-electron chi connectivity index (χ2n) is 9.42. The average molecular weight is 585 g/mol. The van der Waals surface area contributed by atoms with Crippen molar-refractivity contribution in [3.8, 4) is 5.75 Å². The highest BCUT2D eigenvalue weighted by molar-refractivity contribution is 7.80. The number of aromatic hydroxyl groups is 1. The summed E-state index contributed by atoms with van der Waals surface area (Å²) < 4.78 is 0. The molecular formula is C27H32N6O7S. The van der Waals surface area contributed by atoms with Crippen LogP contribution < -0.4 is 27.4 Å². The molecule has 2 aromatic carbocycles. The Kier molecular flexibility index (Phi) is 10.7. The molecule has 0 aliphatic rings. The fourth-order valence-corrected chi connectivity index (χ4v) is 4.38. The number of amides is 4. The molecule has 14 heteroatoms. The number of fused-ring (bicyclic) bond motifs is 1. The van der Waals surface area contributed by atoms with Crippen LogP contribution in [0.2, 0.25) is 0 Å². The van der Waals surface area contributed by atoms with Crippen molar-refractivity contribution in [1.29, 1.82) is 0 Å². The fraction of sp³-hybridized carbons (Fsp3) is 0.296. The van der Waals surface area contributed by atoms with Crippen LogP contribution in [0.5, 0.6) is 5.75 Å². The highest BCUT2D eigenvalue weighted by atomic mass is 32.1. The average Bonchev–Trinajstić information content (AvgIpc) is 3.34. The van der Waals surface area contributed by atoms with E-state index < -0.39 is 60.2 Å². The van der Waals surface area contributed by atoms with Gasteiger partial charge in [-0.25, -0.2) is 4.79 Å². The highest BCUT2D eigenvalue weighted by Crippen LogP contribution is 2.19. The maximum atomic E-state index is 13.4. The van der Waals surface area contributed by atoms with E-state index in [4.69, 9.17) is 11.5 Å². The Morgan fingerprint density at radius 1 is 0.854 bits per heavy atom. The Morgan fingerprint density at radius 2 is 1.46 bits per heavy atom. The van der Waals surface area contributed by atoms with Gasteiger partial charge in [0.05, 0.1) is 12.5 Å². The lowest BCUT2D eigenvalue weighted by Crippen LogP contribution is -2.58. The van der Waals surface area contributed by atoms with Crippen molar-refractivity contribution in [2.24, 2.45) is 11.5 Å². The number of carbonyl (C=O) groups excluding carboxylic acids is 4. The lowest BCUT2D eigenvalue weighted by molar-refractivity contribution is -0.142. The number of hydrogen-bond acceptors (Lipinski definition) is 8. The summed E-state index contributed by atoms with van der Waals surface area (Å²) in [4.78, 5) is 65.1. The number of H-pyrrole nitrogens is 1. The predicted octanol–water partition coefficient (Wildman–Crippen LogP) is -0.670. The van der Waals surface area contributed by atoms with Crippen LogP contribution in [-0.2, 0) is 36.8 Å². The number of nitrogens with one attached hydrogen (secondary N) is 4. The number of carboxylic acids is 1. The number of phenolic OH excluding ortho intramolecular Hbond substituents is 1. The summed E-state index contributed by atoms with van der Waals surface area (Å²) in [6.45, 7) is 0. The second-order valence-corrected chi connectivity index (χ2v) is 9.78. The van der Waals surface area contributed by atoms with Crippen molar-refractivity contribution >= 4 is 53.1 Å². The zero-order chi connectivity index (χ0) is 30.1. The van der Waals surface area contributed by atoms with E-state index in [1.807, 2.05) is 24.3 Å². The first-order valence-electron chi connectivity index (χ1n) is 12.6. The van der Waals surface area contributed by atoms with Gasteiger partial charge >= 0.3 is 5.97 Å². The second kappa shape index (κ2) is 14.2. The number of phenols is 1. The van der Waals surface area contributed by atoms with Gasteiger partial charge in [0, 0.05) is 35.7 Å². The molecule has 0 bridgehead atoms. The van der Waals surface area contributed by atoms with E-state index in [-0.39, 0.29) is 24.3 Å². The van der Waals surface area contributed by atoms with Crippen LogP contribution in [0.3, 0.4) is 0 Å². The molecule has 41 heavy (non-hydrogen) atoms. The van der Waals surface area contributed by atoms with Crippen LogP contribution in [0.1, 0.15) is 17.5 Å². The van der Waals surface area contributed by atoms with Crippen molar-refractivity contribution in [3.63, 3.8) is 0 Å². The van der Waals surface area contributed by atoms with Gasteiger partial charge in [-0.3, -0.25) is 19.2 Å². The van der Waals surface area contributed by atoms with Gasteiger partial charge in [0.1, 0.15) is 23.9 Å². The van der Waals surface area contributed by atoms with Crippen LogP contribution in [0.4, 0.5) is 0 Å². The molecule has 0 aliphatic heterocycles. The van der Waals surface area contributed by atoms with Gasteiger partial charge < -0.3 is 42.6 Å². The minimum Gasteiger partial charge on any atom is -0.508 e. The van der Waals surface area contributed by atoms with Crippen molar-refractivity contribution in [2.75, 3.05) is 5.75 Å². The molecule has 218 valence electrons. The van der Waals surface area contributed by atoms with Crippen LogP contribution in [0, 0.1) is 0 Å². The third-order valence-corrected chi connectivity index (χ3v) is 6.66. The molecule has 4 unspecified atom stereocenters. The van der Waals surface area contributed by atoms with E-state index in [1.54, 1.807) is 18.3 Å². The number of para-hydroxylation sites is 1. The number of benzene rings is 2. The minimum absolute atomic E-state index is 0.00592. The molecule has 4 amide bonds. The number of hydrogen-bond donors (Lipinski definition) is 9. The van der Waals surface area contributed by atoms with Gasteiger partial charge in [-0.15, -0.1) is 0 Å². The maximum Gasteiger partial charge on any atom is 0.326 e. The Balaban J connectivity index is 1.79. The van der Waals surface area contributed by atoms with E-state index >= 15 is 0 Å². The summed E-state index contributed by atoms with van der Waals surface area (Å²) in [5, 5.41) is 27.7. The molecule has 0 saturated heterocycles. The predicted molar refractivity (Wildman–Crippen MR) is 153 cm³/mol. The standard InChI is InChI=1S/C27H32N6O7S/c28-18(11-23(29)35)24(36)33-22(13-41)26(38)31-20(9-14-5-7-16(34)8-6-14)25(37)32-21(27(39)40)10-15-12-30-19-4-2-1-3-17(15)19/h1-8,12,18,20-22,30,34,41H,9-11,13,28H2,(H2,29,35)(H,31,38)(H,32,37)(H,33,36)(H,39,40). The largest absolute Gasteiger partial charge is 0.508 e. The number of carboxylic acid groups (broad SMARTS) is 1. The maximum absolute atomic E-state index is 13.4. The quantitative estimate of drug-likeness (QED) is 0.110. The van der Waals surface area contributed by atoms with Gasteiger partial charge in [0.25, 0.3) is 0 Å². The van der Waals surface area contributed by atoms with Gasteiger partial charge in [-0.1, -0.05) is 30.3 Å². The number of aliphatic carboxylic acids is 1. The molecule has 13 nitrogen and oxygen atoms in total. The summed E-state index contributed by atoms with van der Waals surface area (Å²) in [6.07, 6.45) is 1.14. The summed E-state index contributed by atoms with van der Waals surface area (Å²) in [6, 6.07) is 8.09. The van der Waals surface area contributed by atoms with Gasteiger partial charge in [-0.05, 0) is 29.3 Å². The molecule has 1 heterocycles. The number of aromatic nitrogens is 1. The van der Waals surface area contributed by atoms with Crippen LogP contribution in [0.25, 0.3) is 10.9 Å². The first-order chi connectivity index (χ1) is 19.5. The van der Waals surface area contributed by atoms with Crippen molar-refractivity contribution in [1.82, 2.24) is 20.9 Å². The van der Waals surface area contributed by atoms with E-state index in [9.17, 15) is 34.2 Å². The van der Waals surface area contributed by atoms with Crippen molar-refractivity contribution < 1.29 is 34.2 Å². The zero-order valence-electron chi connectivity index (χ0n) is 21.9. The number of primary amides is 1. The Bertz CT molecular complexity index is 1410. The molecule has 3 rings (SSSR count). The van der Waals surface area contributed by atoms with Crippen LogP contribution >= 0.6 is 12.6 Å². The SMILES string of the molecule is NC(=O)CC(N)C(=O)NC(CS)C(=O)NC(Cc1ccc(O)cc1)C(=O)NC(Cc1c[nH]c2ccccc12)C(=O)O. The van der Waals surface area contributed by atoms with E-state index in [0.29, 0.717) is 11.1 Å². The molecule has 3 aromatic rings. The molecule has 0 aliphatic carbocycles. The number of nitrogens with two attached hydrogens (primary N) is 2. The topological polar surface area (TPSA) is 230 Å². The van der Waals surface area contributed by atoms with E-state index in [1.165, 1.54) is 12.1 Å². The smallest absolute Gasteiger partial charge is 0.326 e. The molecule has 1 aromatic heterocycles. The van der Waals surface area contributed by atoms with Crippen LogP contribution in [-0.4, -0.2) is 74.7 Å². The summed E-state index contributed by atoms with van der Waals surface area (Å²) >= 11 is 4.10. The molecule has 4 atom stereocenters. The molecular weight excluding hydrogens is 552 g/mol. The van der Waals surface area contributed by atoms with Gasteiger partial charge in [0.15, 0.2) is 0 Å². The Hall–Kier alpha value is -4.56. The van der Waals surface area contributed by atoms with E-state index in [2.05, 4.69) is 33.6 Å². The molecule has 0 spiro atoms. The lowest BCUT2D eigenvalue weighted by atomic mass is 10.0. The minimum atomic E-state index is -1.33. The molecule has 0 radical (unpaired) electrons. The number of aromatic amines is 1. The number of thiol groups is 1. The van der Waals surface area contributed by atoms with Gasteiger partial charge in [-0.2, -0.15) is 12.6 Å². The lowest BCUT2D eigenvalue weighted by Gasteiger charge is -2.24. The third kappa shape index (κ3) is 8.71. The monoisotopic (exact) mass is 584 g/mol. The van der Waals surface area contributed by atoms with Crippen LogP contribution in [0.15, 0.2) is 54.7 Å². The highest BCUT2D eigenvalue weighted by Gasteiger charge is 2.30. The Labute approximate surface area is 240 Å². The molecule has 10 N–H and O–H groups in total. The summed E-state index contributed by atoms with van der Waals surface area (Å²) in [7, 11) is 0. The first kappa shape index (κ1) is 31.0. The zero-order valence-corrected chi connectivity index (χ0v) is 22.8. The first-order valence-corrected chi connectivity index (χ1v) is 13.2. The third-order valence-electron chi connectivity index (χ3n) is 6.30. The van der Waals surface area contributed by atoms with E-state index in [0.717, 1.165) is 10.9 Å². The number of carbonyl (C=O) groups is 5. The normalized spacial score (nSPS) is 13.9. The number of rotatable bonds is 14. The summed E-state index contributed by atoms with van der Waals surface area (Å²) in [5.74, 6) is -4.65.